The van der Waals surface area contributed by atoms with Crippen LogP contribution in [0.25, 0.3) is 0 Å². The summed E-state index contributed by atoms with van der Waals surface area (Å²) in [7, 11) is 0. The molecule has 4 nitrogen and oxygen atoms in total. The molecular formula is C12H12FN3O. The molecule has 0 aliphatic rings. The first-order chi connectivity index (χ1) is 8.29. The van der Waals surface area contributed by atoms with Crippen LogP contribution in [0.5, 0.6) is 11.6 Å². The van der Waals surface area contributed by atoms with Crippen LogP contribution in [0.1, 0.15) is 6.92 Å². The third-order valence-corrected chi connectivity index (χ3v) is 2.02. The first kappa shape index (κ1) is 11.3. The lowest BCUT2D eigenvalue weighted by Crippen LogP contribution is -2.02. The molecule has 0 aliphatic heterocycles. The summed E-state index contributed by atoms with van der Waals surface area (Å²) in [6.07, 6.45) is 1.56. The number of rotatable bonds is 4. The second-order valence-corrected chi connectivity index (χ2v) is 3.28. The van der Waals surface area contributed by atoms with Crippen molar-refractivity contribution >= 4 is 5.95 Å². The molecule has 0 amide bonds. The zero-order valence-corrected chi connectivity index (χ0v) is 9.35. The summed E-state index contributed by atoms with van der Waals surface area (Å²) < 4.78 is 18.7. The van der Waals surface area contributed by atoms with E-state index in [4.69, 9.17) is 4.74 Å². The molecule has 1 aromatic heterocycles. The minimum atomic E-state index is -0.420. The van der Waals surface area contributed by atoms with Gasteiger partial charge in [-0.2, -0.15) is 4.98 Å². The smallest absolute Gasteiger partial charge is 0.225 e. The third kappa shape index (κ3) is 2.90. The molecule has 0 spiro atoms. The van der Waals surface area contributed by atoms with Crippen molar-refractivity contribution in [1.29, 1.82) is 0 Å². The van der Waals surface area contributed by atoms with Crippen LogP contribution in [-0.2, 0) is 0 Å². The number of ether oxygens (including phenoxy) is 1. The molecule has 0 saturated heterocycles. The van der Waals surface area contributed by atoms with Crippen molar-refractivity contribution in [2.24, 2.45) is 0 Å². The summed E-state index contributed by atoms with van der Waals surface area (Å²) in [5.74, 6) is 0.493. The highest BCUT2D eigenvalue weighted by molar-refractivity contribution is 5.31. The molecule has 88 valence electrons. The van der Waals surface area contributed by atoms with Crippen molar-refractivity contribution in [3.05, 3.63) is 42.3 Å². The van der Waals surface area contributed by atoms with Gasteiger partial charge in [-0.3, -0.25) is 0 Å². The molecule has 0 radical (unpaired) electrons. The van der Waals surface area contributed by atoms with Crippen LogP contribution in [0.15, 0.2) is 36.5 Å². The van der Waals surface area contributed by atoms with Crippen molar-refractivity contribution in [1.82, 2.24) is 9.97 Å². The predicted octanol–water partition coefficient (Wildman–Crippen LogP) is 2.84. The lowest BCUT2D eigenvalue weighted by molar-refractivity contribution is 0.427. The average molecular weight is 233 g/mol. The molecule has 0 unspecified atom stereocenters. The van der Waals surface area contributed by atoms with Crippen molar-refractivity contribution in [2.75, 3.05) is 11.9 Å². The van der Waals surface area contributed by atoms with E-state index in [0.29, 0.717) is 18.4 Å². The maximum absolute atomic E-state index is 13.3. The van der Waals surface area contributed by atoms with Crippen LogP contribution in [0.2, 0.25) is 0 Å². The maximum atomic E-state index is 13.3. The highest BCUT2D eigenvalue weighted by atomic mass is 19.1. The average Bonchev–Trinajstić information content (AvgIpc) is 2.33. The number of benzene rings is 1. The molecule has 2 rings (SSSR count). The first-order valence-corrected chi connectivity index (χ1v) is 5.29. The SMILES string of the molecule is CCNc1nccc(Oc2ccccc2F)n1. The number of hydrogen-bond donors (Lipinski definition) is 1. The number of hydrogen-bond acceptors (Lipinski definition) is 4. The summed E-state index contributed by atoms with van der Waals surface area (Å²) in [5, 5.41) is 2.95. The van der Waals surface area contributed by atoms with Crippen LogP contribution in [0, 0.1) is 5.82 Å². The Morgan fingerprint density at radius 1 is 1.29 bits per heavy atom. The Labute approximate surface area is 98.5 Å². The van der Waals surface area contributed by atoms with Crippen molar-refractivity contribution in [2.45, 2.75) is 6.92 Å². The summed E-state index contributed by atoms with van der Waals surface area (Å²) >= 11 is 0. The predicted molar refractivity (Wildman–Crippen MR) is 62.7 cm³/mol. The Hall–Kier alpha value is -2.17. The number of halogens is 1. The quantitative estimate of drug-likeness (QED) is 0.882. The molecule has 0 atom stereocenters. The Balaban J connectivity index is 2.18. The van der Waals surface area contributed by atoms with E-state index in [9.17, 15) is 4.39 Å². The molecule has 1 N–H and O–H groups in total. The van der Waals surface area contributed by atoms with Gasteiger partial charge in [-0.25, -0.2) is 9.37 Å². The maximum Gasteiger partial charge on any atom is 0.225 e. The van der Waals surface area contributed by atoms with Gasteiger partial charge in [0.05, 0.1) is 0 Å². The fourth-order valence-corrected chi connectivity index (χ4v) is 1.28. The van der Waals surface area contributed by atoms with E-state index in [0.717, 1.165) is 0 Å². The minimum absolute atomic E-state index is 0.147. The Bertz CT molecular complexity index is 505. The van der Waals surface area contributed by atoms with E-state index in [1.807, 2.05) is 6.92 Å². The topological polar surface area (TPSA) is 47.0 Å². The highest BCUT2D eigenvalue weighted by Crippen LogP contribution is 2.22. The normalized spacial score (nSPS) is 10.0. The van der Waals surface area contributed by atoms with Gasteiger partial charge in [-0.15, -0.1) is 0 Å². The minimum Gasteiger partial charge on any atom is -0.436 e. The number of para-hydroxylation sites is 1. The molecule has 1 heterocycles. The zero-order chi connectivity index (χ0) is 12.1. The summed E-state index contributed by atoms with van der Waals surface area (Å²) in [5.41, 5.74) is 0. The van der Waals surface area contributed by atoms with Gasteiger partial charge in [0.15, 0.2) is 11.6 Å². The van der Waals surface area contributed by atoms with Crippen molar-refractivity contribution < 1.29 is 9.13 Å². The van der Waals surface area contributed by atoms with E-state index >= 15 is 0 Å². The van der Waals surface area contributed by atoms with Gasteiger partial charge in [0, 0.05) is 18.8 Å². The molecule has 1 aromatic carbocycles. The zero-order valence-electron chi connectivity index (χ0n) is 9.35. The van der Waals surface area contributed by atoms with Crippen LogP contribution in [0.3, 0.4) is 0 Å². The Kier molecular flexibility index (Phi) is 3.49. The van der Waals surface area contributed by atoms with E-state index < -0.39 is 5.82 Å². The molecule has 0 fully saturated rings. The molecule has 5 heteroatoms. The van der Waals surface area contributed by atoms with Crippen LogP contribution in [0.4, 0.5) is 10.3 Å². The second kappa shape index (κ2) is 5.25. The van der Waals surface area contributed by atoms with Gasteiger partial charge in [-0.1, -0.05) is 12.1 Å². The monoisotopic (exact) mass is 233 g/mol. The van der Waals surface area contributed by atoms with Crippen LogP contribution < -0.4 is 10.1 Å². The van der Waals surface area contributed by atoms with E-state index in [1.165, 1.54) is 6.07 Å². The molecule has 0 saturated carbocycles. The number of nitrogens with zero attached hydrogens (tertiary/aromatic N) is 2. The molecule has 0 aliphatic carbocycles. The van der Waals surface area contributed by atoms with Crippen molar-refractivity contribution in [3.63, 3.8) is 0 Å². The van der Waals surface area contributed by atoms with Crippen LogP contribution >= 0.6 is 0 Å². The fourth-order valence-electron chi connectivity index (χ4n) is 1.28. The summed E-state index contributed by atoms with van der Waals surface area (Å²) in [6.45, 7) is 2.65. The van der Waals surface area contributed by atoms with Gasteiger partial charge >= 0.3 is 0 Å². The molecule has 17 heavy (non-hydrogen) atoms. The number of nitrogens with one attached hydrogen (secondary N) is 1. The Morgan fingerprint density at radius 3 is 2.88 bits per heavy atom. The van der Waals surface area contributed by atoms with E-state index in [-0.39, 0.29) is 5.75 Å². The lowest BCUT2D eigenvalue weighted by Gasteiger charge is -2.06. The largest absolute Gasteiger partial charge is 0.436 e. The fraction of sp³-hybridized carbons (Fsp3) is 0.167. The van der Waals surface area contributed by atoms with E-state index in [2.05, 4.69) is 15.3 Å². The van der Waals surface area contributed by atoms with Gasteiger partial charge in [0.25, 0.3) is 0 Å². The highest BCUT2D eigenvalue weighted by Gasteiger charge is 2.05. The van der Waals surface area contributed by atoms with Gasteiger partial charge in [-0.05, 0) is 19.1 Å². The van der Waals surface area contributed by atoms with Gasteiger partial charge in [0.1, 0.15) is 0 Å². The number of anilines is 1. The lowest BCUT2D eigenvalue weighted by atomic mass is 10.3. The Morgan fingerprint density at radius 2 is 2.12 bits per heavy atom. The first-order valence-electron chi connectivity index (χ1n) is 5.29. The van der Waals surface area contributed by atoms with Crippen LogP contribution in [-0.4, -0.2) is 16.5 Å². The van der Waals surface area contributed by atoms with E-state index in [1.54, 1.807) is 30.5 Å². The second-order valence-electron chi connectivity index (χ2n) is 3.28. The summed E-state index contributed by atoms with van der Waals surface area (Å²) in [4.78, 5) is 8.08. The summed E-state index contributed by atoms with van der Waals surface area (Å²) in [6, 6.07) is 7.76. The number of aromatic nitrogens is 2. The third-order valence-electron chi connectivity index (χ3n) is 2.02. The molecule has 2 aromatic rings. The van der Waals surface area contributed by atoms with Gasteiger partial charge < -0.3 is 10.1 Å². The molecule has 0 bridgehead atoms. The molecular weight excluding hydrogens is 221 g/mol. The standard InChI is InChI=1S/C12H12FN3O/c1-2-14-12-15-8-7-11(16-12)17-10-6-4-3-5-9(10)13/h3-8H,2H2,1H3,(H,14,15,16). The van der Waals surface area contributed by atoms with Gasteiger partial charge in [0.2, 0.25) is 11.8 Å². The van der Waals surface area contributed by atoms with Crippen molar-refractivity contribution in [3.8, 4) is 11.6 Å².